The Labute approximate surface area is 103 Å². The summed E-state index contributed by atoms with van der Waals surface area (Å²) in [5, 5.41) is 19.7. The Kier molecular flexibility index (Phi) is 5.26. The fourth-order valence-corrected chi connectivity index (χ4v) is 1.46. The van der Waals surface area contributed by atoms with Crippen LogP contribution in [0.15, 0.2) is 24.3 Å². The first-order valence-corrected chi connectivity index (χ1v) is 5.40. The normalized spacial score (nSPS) is 11.9. The summed E-state index contributed by atoms with van der Waals surface area (Å²) in [5.74, 6) is -2.19. The second kappa shape index (κ2) is 6.70. The summed E-state index contributed by atoms with van der Waals surface area (Å²) in [6.07, 6.45) is -0.169. The van der Waals surface area contributed by atoms with Crippen LogP contribution in [0.3, 0.4) is 0 Å². The molecule has 1 aromatic carbocycles. The van der Waals surface area contributed by atoms with E-state index in [0.29, 0.717) is 5.56 Å². The minimum Gasteiger partial charge on any atom is -0.480 e. The zero-order chi connectivity index (χ0) is 13.5. The van der Waals surface area contributed by atoms with Crippen molar-refractivity contribution >= 4 is 11.9 Å². The summed E-state index contributed by atoms with van der Waals surface area (Å²) in [6, 6.07) is 4.38. The fraction of sp³-hybridized carbons (Fsp3) is 0.333. The van der Waals surface area contributed by atoms with Crippen LogP contribution < -0.4 is 5.32 Å². The number of carboxylic acid groups (broad SMARTS) is 1. The molecule has 0 saturated heterocycles. The molecule has 0 saturated carbocycles. The van der Waals surface area contributed by atoms with E-state index in [0.717, 1.165) is 0 Å². The van der Waals surface area contributed by atoms with Crippen LogP contribution in [0.4, 0.5) is 4.39 Å². The number of benzene rings is 1. The third-order valence-electron chi connectivity index (χ3n) is 2.30. The lowest BCUT2D eigenvalue weighted by molar-refractivity contribution is -0.142. The van der Waals surface area contributed by atoms with Gasteiger partial charge >= 0.3 is 5.97 Å². The molecule has 1 unspecified atom stereocenters. The van der Waals surface area contributed by atoms with Gasteiger partial charge in [-0.25, -0.2) is 9.18 Å². The zero-order valence-electron chi connectivity index (χ0n) is 9.60. The van der Waals surface area contributed by atoms with Crippen molar-refractivity contribution in [1.29, 1.82) is 0 Å². The van der Waals surface area contributed by atoms with Gasteiger partial charge in [-0.05, 0) is 17.7 Å². The van der Waals surface area contributed by atoms with Crippen molar-refractivity contribution in [2.24, 2.45) is 0 Å². The topological polar surface area (TPSA) is 86.6 Å². The molecule has 0 aliphatic rings. The van der Waals surface area contributed by atoms with Crippen LogP contribution in [0.5, 0.6) is 0 Å². The van der Waals surface area contributed by atoms with E-state index in [1.807, 2.05) is 0 Å². The van der Waals surface area contributed by atoms with Crippen molar-refractivity contribution in [3.05, 3.63) is 35.6 Å². The SMILES string of the molecule is O=C(Cc1cccc(F)c1)NC(CCO)C(=O)O. The summed E-state index contributed by atoms with van der Waals surface area (Å²) in [6.45, 7) is -0.336. The number of amides is 1. The molecule has 0 aromatic heterocycles. The number of hydrogen-bond acceptors (Lipinski definition) is 3. The monoisotopic (exact) mass is 255 g/mol. The Morgan fingerprint density at radius 1 is 1.39 bits per heavy atom. The van der Waals surface area contributed by atoms with Gasteiger partial charge in [-0.15, -0.1) is 0 Å². The van der Waals surface area contributed by atoms with Gasteiger partial charge in [-0.3, -0.25) is 4.79 Å². The summed E-state index contributed by atoms with van der Waals surface area (Å²) >= 11 is 0. The molecule has 0 aliphatic carbocycles. The summed E-state index contributed by atoms with van der Waals surface area (Å²) in [5.41, 5.74) is 0.459. The standard InChI is InChI=1S/C12H14FNO4/c13-9-3-1-2-8(6-9)7-11(16)14-10(4-5-15)12(17)18/h1-3,6,10,15H,4-5,7H2,(H,14,16)(H,17,18). The first-order valence-electron chi connectivity index (χ1n) is 5.40. The van der Waals surface area contributed by atoms with Crippen LogP contribution in [0, 0.1) is 5.82 Å². The number of aliphatic hydroxyl groups is 1. The Morgan fingerprint density at radius 3 is 2.67 bits per heavy atom. The number of aliphatic carboxylic acids is 1. The van der Waals surface area contributed by atoms with Gasteiger partial charge in [0.1, 0.15) is 11.9 Å². The maximum absolute atomic E-state index is 12.9. The Balaban J connectivity index is 2.57. The highest BCUT2D eigenvalue weighted by Gasteiger charge is 2.19. The molecule has 1 amide bonds. The summed E-state index contributed by atoms with van der Waals surface area (Å²) in [7, 11) is 0. The number of nitrogens with one attached hydrogen (secondary N) is 1. The minimum atomic E-state index is -1.21. The van der Waals surface area contributed by atoms with Crippen LogP contribution in [0.25, 0.3) is 0 Å². The van der Waals surface area contributed by atoms with Gasteiger partial charge in [0.15, 0.2) is 0 Å². The second-order valence-corrected chi connectivity index (χ2v) is 3.78. The highest BCUT2D eigenvalue weighted by atomic mass is 19.1. The molecule has 1 rings (SSSR count). The zero-order valence-corrected chi connectivity index (χ0v) is 9.60. The number of rotatable bonds is 6. The van der Waals surface area contributed by atoms with Gasteiger partial charge in [-0.1, -0.05) is 12.1 Å². The van der Waals surface area contributed by atoms with Crippen LogP contribution in [-0.4, -0.2) is 34.7 Å². The van der Waals surface area contributed by atoms with E-state index >= 15 is 0 Å². The van der Waals surface area contributed by atoms with Gasteiger partial charge in [0.05, 0.1) is 6.42 Å². The molecule has 0 fully saturated rings. The first-order chi connectivity index (χ1) is 8.52. The third kappa shape index (κ3) is 4.50. The van der Waals surface area contributed by atoms with Crippen LogP contribution >= 0.6 is 0 Å². The van der Waals surface area contributed by atoms with E-state index in [1.54, 1.807) is 6.07 Å². The molecular weight excluding hydrogens is 241 g/mol. The van der Waals surface area contributed by atoms with E-state index in [4.69, 9.17) is 10.2 Å². The molecule has 0 heterocycles. The molecule has 3 N–H and O–H groups in total. The van der Waals surface area contributed by atoms with Crippen molar-refractivity contribution in [2.75, 3.05) is 6.61 Å². The molecule has 0 aliphatic heterocycles. The van der Waals surface area contributed by atoms with Crippen molar-refractivity contribution in [3.8, 4) is 0 Å². The number of carbonyl (C=O) groups excluding carboxylic acids is 1. The van der Waals surface area contributed by atoms with E-state index in [1.165, 1.54) is 18.2 Å². The van der Waals surface area contributed by atoms with E-state index < -0.39 is 23.7 Å². The smallest absolute Gasteiger partial charge is 0.326 e. The average molecular weight is 255 g/mol. The fourth-order valence-electron chi connectivity index (χ4n) is 1.46. The number of halogens is 1. The lowest BCUT2D eigenvalue weighted by Gasteiger charge is -2.13. The highest BCUT2D eigenvalue weighted by Crippen LogP contribution is 2.04. The molecular formula is C12H14FNO4. The van der Waals surface area contributed by atoms with Gasteiger partial charge in [0, 0.05) is 13.0 Å². The maximum Gasteiger partial charge on any atom is 0.326 e. The number of carbonyl (C=O) groups is 2. The lowest BCUT2D eigenvalue weighted by Crippen LogP contribution is -2.42. The molecule has 1 aromatic rings. The largest absolute Gasteiger partial charge is 0.480 e. The third-order valence-corrected chi connectivity index (χ3v) is 2.30. The van der Waals surface area contributed by atoms with Crippen LogP contribution in [-0.2, 0) is 16.0 Å². The van der Waals surface area contributed by atoms with Crippen LogP contribution in [0.1, 0.15) is 12.0 Å². The van der Waals surface area contributed by atoms with Crippen LogP contribution in [0.2, 0.25) is 0 Å². The number of hydrogen-bond donors (Lipinski definition) is 3. The van der Waals surface area contributed by atoms with E-state index in [9.17, 15) is 14.0 Å². The Bertz CT molecular complexity index is 436. The van der Waals surface area contributed by atoms with Gasteiger partial charge in [0.2, 0.25) is 5.91 Å². The molecule has 98 valence electrons. The van der Waals surface area contributed by atoms with Gasteiger partial charge < -0.3 is 15.5 Å². The van der Waals surface area contributed by atoms with Crippen molar-refractivity contribution < 1.29 is 24.2 Å². The summed E-state index contributed by atoms with van der Waals surface area (Å²) in [4.78, 5) is 22.3. The molecule has 5 nitrogen and oxygen atoms in total. The minimum absolute atomic E-state index is 0.0653. The van der Waals surface area contributed by atoms with Crippen molar-refractivity contribution in [1.82, 2.24) is 5.32 Å². The second-order valence-electron chi connectivity index (χ2n) is 3.78. The van der Waals surface area contributed by atoms with Crippen molar-refractivity contribution in [2.45, 2.75) is 18.9 Å². The first kappa shape index (κ1) is 14.1. The van der Waals surface area contributed by atoms with Crippen molar-refractivity contribution in [3.63, 3.8) is 0 Å². The molecule has 18 heavy (non-hydrogen) atoms. The Hall–Kier alpha value is -1.95. The molecule has 0 bridgehead atoms. The number of carboxylic acids is 1. The van der Waals surface area contributed by atoms with E-state index in [-0.39, 0.29) is 19.4 Å². The maximum atomic E-state index is 12.9. The molecule has 0 radical (unpaired) electrons. The molecule has 1 atom stereocenters. The lowest BCUT2D eigenvalue weighted by atomic mass is 10.1. The van der Waals surface area contributed by atoms with Gasteiger partial charge in [0.25, 0.3) is 0 Å². The number of aliphatic hydroxyl groups excluding tert-OH is 1. The highest BCUT2D eigenvalue weighted by molar-refractivity contribution is 5.84. The quantitative estimate of drug-likeness (QED) is 0.683. The Morgan fingerprint density at radius 2 is 2.11 bits per heavy atom. The average Bonchev–Trinajstić information content (AvgIpc) is 2.28. The van der Waals surface area contributed by atoms with E-state index in [2.05, 4.69) is 5.32 Å². The molecule has 0 spiro atoms. The molecule has 6 heteroatoms. The summed E-state index contributed by atoms with van der Waals surface area (Å²) < 4.78 is 12.9. The predicted octanol–water partition coefficient (Wildman–Crippen LogP) is 0.320. The van der Waals surface area contributed by atoms with Gasteiger partial charge in [-0.2, -0.15) is 0 Å². The predicted molar refractivity (Wildman–Crippen MR) is 61.4 cm³/mol.